The second-order valence-electron chi connectivity index (χ2n) is 5.94. The monoisotopic (exact) mass is 270 g/mol. The molecule has 1 saturated heterocycles. The summed E-state index contributed by atoms with van der Waals surface area (Å²) in [6, 6.07) is 4.40. The number of nitriles is 1. The zero-order chi connectivity index (χ0) is 13.9. The van der Waals surface area contributed by atoms with Gasteiger partial charge in [0.05, 0.1) is 5.56 Å². The van der Waals surface area contributed by atoms with Gasteiger partial charge in [-0.1, -0.05) is 0 Å². The molecule has 1 aromatic heterocycles. The van der Waals surface area contributed by atoms with Crippen molar-refractivity contribution in [2.24, 2.45) is 11.7 Å². The van der Waals surface area contributed by atoms with E-state index in [4.69, 9.17) is 10.7 Å². The van der Waals surface area contributed by atoms with Crippen molar-refractivity contribution in [3.8, 4) is 6.07 Å². The van der Waals surface area contributed by atoms with Crippen LogP contribution >= 0.6 is 0 Å². The SMILES string of the molecule is N#Cc1cc2c(nc1N1CCC(CCN)CC1)CCC2. The standard InChI is InChI=1S/C16H22N4/c17-7-4-12-5-8-20(9-6-12)16-14(11-18)10-13-2-1-3-15(13)19-16/h10,12H,1-9,17H2. The molecule has 0 unspecified atom stereocenters. The van der Waals surface area contributed by atoms with Crippen molar-refractivity contribution in [1.82, 2.24) is 4.98 Å². The minimum atomic E-state index is 0.746. The van der Waals surface area contributed by atoms with E-state index in [2.05, 4.69) is 17.0 Å². The van der Waals surface area contributed by atoms with Gasteiger partial charge in [-0.3, -0.25) is 0 Å². The first kappa shape index (κ1) is 13.4. The molecule has 0 spiro atoms. The predicted molar refractivity (Wildman–Crippen MR) is 79.6 cm³/mol. The zero-order valence-electron chi connectivity index (χ0n) is 11.9. The number of nitrogens with zero attached hydrogens (tertiary/aromatic N) is 3. The fourth-order valence-corrected chi connectivity index (χ4v) is 3.45. The normalized spacial score (nSPS) is 18.9. The molecule has 1 aliphatic heterocycles. The van der Waals surface area contributed by atoms with E-state index >= 15 is 0 Å². The Bertz CT molecular complexity index is 524. The molecule has 2 N–H and O–H groups in total. The number of aromatic nitrogens is 1. The molecule has 0 amide bonds. The van der Waals surface area contributed by atoms with E-state index in [1.165, 1.54) is 30.5 Å². The van der Waals surface area contributed by atoms with Crippen LogP contribution in [0.1, 0.15) is 42.5 Å². The van der Waals surface area contributed by atoms with Gasteiger partial charge < -0.3 is 10.6 Å². The van der Waals surface area contributed by atoms with E-state index in [9.17, 15) is 5.26 Å². The predicted octanol–water partition coefficient (Wildman–Crippen LogP) is 2.01. The Kier molecular flexibility index (Phi) is 3.88. The second-order valence-corrected chi connectivity index (χ2v) is 5.94. The second kappa shape index (κ2) is 5.80. The third-order valence-electron chi connectivity index (χ3n) is 4.64. The van der Waals surface area contributed by atoms with Gasteiger partial charge in [-0.2, -0.15) is 5.26 Å². The molecular weight excluding hydrogens is 248 g/mol. The van der Waals surface area contributed by atoms with Crippen molar-refractivity contribution in [2.45, 2.75) is 38.5 Å². The first-order chi connectivity index (χ1) is 9.81. The number of rotatable bonds is 3. The number of pyridine rings is 1. The van der Waals surface area contributed by atoms with E-state index in [0.717, 1.165) is 56.2 Å². The van der Waals surface area contributed by atoms with Gasteiger partial charge in [-0.05, 0) is 62.6 Å². The number of fused-ring (bicyclic) bond motifs is 1. The molecule has 0 saturated carbocycles. The number of aryl methyl sites for hydroxylation is 2. The van der Waals surface area contributed by atoms with Crippen LogP contribution in [0.25, 0.3) is 0 Å². The minimum absolute atomic E-state index is 0.746. The quantitative estimate of drug-likeness (QED) is 0.912. The van der Waals surface area contributed by atoms with Crippen LogP contribution in [0.2, 0.25) is 0 Å². The van der Waals surface area contributed by atoms with Crippen LogP contribution < -0.4 is 10.6 Å². The highest BCUT2D eigenvalue weighted by Gasteiger charge is 2.24. The first-order valence-corrected chi connectivity index (χ1v) is 7.69. The molecule has 0 atom stereocenters. The summed E-state index contributed by atoms with van der Waals surface area (Å²) in [7, 11) is 0. The maximum absolute atomic E-state index is 9.38. The molecule has 20 heavy (non-hydrogen) atoms. The number of hydrogen-bond donors (Lipinski definition) is 1. The molecule has 106 valence electrons. The molecule has 3 rings (SSSR count). The van der Waals surface area contributed by atoms with Gasteiger partial charge in [0.2, 0.25) is 0 Å². The van der Waals surface area contributed by atoms with Gasteiger partial charge in [0.1, 0.15) is 11.9 Å². The fraction of sp³-hybridized carbons (Fsp3) is 0.625. The molecule has 4 heteroatoms. The fourth-order valence-electron chi connectivity index (χ4n) is 3.45. The summed E-state index contributed by atoms with van der Waals surface area (Å²) in [4.78, 5) is 7.09. The first-order valence-electron chi connectivity index (χ1n) is 7.69. The molecular formula is C16H22N4. The Labute approximate surface area is 120 Å². The molecule has 1 fully saturated rings. The largest absolute Gasteiger partial charge is 0.355 e. The highest BCUT2D eigenvalue weighted by atomic mass is 15.2. The Hall–Kier alpha value is -1.60. The van der Waals surface area contributed by atoms with E-state index in [-0.39, 0.29) is 0 Å². The average molecular weight is 270 g/mol. The lowest BCUT2D eigenvalue weighted by Gasteiger charge is -2.33. The number of hydrogen-bond acceptors (Lipinski definition) is 4. The van der Waals surface area contributed by atoms with Gasteiger partial charge in [-0.25, -0.2) is 4.98 Å². The van der Waals surface area contributed by atoms with Crippen molar-refractivity contribution in [3.05, 3.63) is 22.9 Å². The lowest BCUT2D eigenvalue weighted by atomic mass is 9.93. The number of anilines is 1. The highest BCUT2D eigenvalue weighted by molar-refractivity contribution is 5.57. The summed E-state index contributed by atoms with van der Waals surface area (Å²) >= 11 is 0. The van der Waals surface area contributed by atoms with E-state index in [1.54, 1.807) is 0 Å². The van der Waals surface area contributed by atoms with Gasteiger partial charge in [0, 0.05) is 18.8 Å². The van der Waals surface area contributed by atoms with Crippen LogP contribution in [0, 0.1) is 17.2 Å². The van der Waals surface area contributed by atoms with Crippen molar-refractivity contribution in [3.63, 3.8) is 0 Å². The summed E-state index contributed by atoms with van der Waals surface area (Å²) in [6.45, 7) is 2.79. The van der Waals surface area contributed by atoms with Gasteiger partial charge in [0.15, 0.2) is 0 Å². The van der Waals surface area contributed by atoms with Crippen LogP contribution in [-0.2, 0) is 12.8 Å². The Morgan fingerprint density at radius 3 is 2.85 bits per heavy atom. The highest BCUT2D eigenvalue weighted by Crippen LogP contribution is 2.30. The van der Waals surface area contributed by atoms with Gasteiger partial charge >= 0.3 is 0 Å². The van der Waals surface area contributed by atoms with Crippen LogP contribution in [0.4, 0.5) is 5.82 Å². The molecule has 1 aromatic rings. The van der Waals surface area contributed by atoms with Crippen LogP contribution in [-0.4, -0.2) is 24.6 Å². The lowest BCUT2D eigenvalue weighted by molar-refractivity contribution is 0.385. The van der Waals surface area contributed by atoms with E-state index in [0.29, 0.717) is 0 Å². The summed E-state index contributed by atoms with van der Waals surface area (Å²) in [5, 5.41) is 9.38. The Morgan fingerprint density at radius 2 is 2.15 bits per heavy atom. The number of piperidine rings is 1. The van der Waals surface area contributed by atoms with Crippen molar-refractivity contribution >= 4 is 5.82 Å². The smallest absolute Gasteiger partial charge is 0.146 e. The molecule has 1 aliphatic carbocycles. The van der Waals surface area contributed by atoms with Crippen LogP contribution in [0.3, 0.4) is 0 Å². The molecule has 2 heterocycles. The van der Waals surface area contributed by atoms with Gasteiger partial charge in [0.25, 0.3) is 0 Å². The maximum Gasteiger partial charge on any atom is 0.146 e. The Balaban J connectivity index is 1.79. The third-order valence-corrected chi connectivity index (χ3v) is 4.64. The maximum atomic E-state index is 9.38. The van der Waals surface area contributed by atoms with E-state index in [1.807, 2.05) is 0 Å². The summed E-state index contributed by atoms with van der Waals surface area (Å²) < 4.78 is 0. The molecule has 0 radical (unpaired) electrons. The average Bonchev–Trinajstić information content (AvgIpc) is 2.94. The lowest BCUT2D eigenvalue weighted by Crippen LogP contribution is -2.35. The van der Waals surface area contributed by atoms with Gasteiger partial charge in [-0.15, -0.1) is 0 Å². The number of nitrogens with two attached hydrogens (primary N) is 1. The van der Waals surface area contributed by atoms with Crippen LogP contribution in [0.5, 0.6) is 0 Å². The topological polar surface area (TPSA) is 65.9 Å². The van der Waals surface area contributed by atoms with Crippen molar-refractivity contribution in [2.75, 3.05) is 24.5 Å². The summed E-state index contributed by atoms with van der Waals surface area (Å²) in [6.07, 6.45) is 6.78. The molecule has 0 bridgehead atoms. The Morgan fingerprint density at radius 1 is 1.35 bits per heavy atom. The van der Waals surface area contributed by atoms with E-state index < -0.39 is 0 Å². The molecule has 0 aromatic carbocycles. The van der Waals surface area contributed by atoms with Crippen LogP contribution in [0.15, 0.2) is 6.07 Å². The van der Waals surface area contributed by atoms with Crippen molar-refractivity contribution < 1.29 is 0 Å². The third kappa shape index (κ3) is 2.51. The van der Waals surface area contributed by atoms with Crippen molar-refractivity contribution in [1.29, 1.82) is 5.26 Å². The summed E-state index contributed by atoms with van der Waals surface area (Å²) in [5.74, 6) is 1.66. The molecule has 4 nitrogen and oxygen atoms in total. The zero-order valence-corrected chi connectivity index (χ0v) is 11.9. The minimum Gasteiger partial charge on any atom is -0.355 e. The molecule has 2 aliphatic rings. The summed E-state index contributed by atoms with van der Waals surface area (Å²) in [5.41, 5.74) is 8.89.